The molecule has 0 radical (unpaired) electrons. The molecule has 24 heavy (non-hydrogen) atoms. The number of likely N-dealkylation sites (tertiary alicyclic amines) is 1. The van der Waals surface area contributed by atoms with Gasteiger partial charge in [0.2, 0.25) is 11.8 Å². The number of hydrogen-bond acceptors (Lipinski definition) is 6. The number of rotatable bonds is 5. The van der Waals surface area contributed by atoms with Crippen LogP contribution in [-0.4, -0.2) is 43.8 Å². The second kappa shape index (κ2) is 6.01. The second-order valence-corrected chi connectivity index (χ2v) is 6.74. The summed E-state index contributed by atoms with van der Waals surface area (Å²) in [5.74, 6) is 2.60. The minimum atomic E-state index is -0.0455. The maximum Gasteiger partial charge on any atom is 0.239 e. The van der Waals surface area contributed by atoms with E-state index in [1.807, 2.05) is 20.0 Å². The Balaban J connectivity index is 1.40. The molecule has 2 aromatic rings. The first-order valence-electron chi connectivity index (χ1n) is 8.48. The standard InChI is InChI=1S/C16H22N6O2/c1-10-8-13(21(2)19-10)17-14(23)9-22-7-3-4-12(22)15-18-16(24-20-15)11-5-6-11/h8,11-12H,3-7,9H2,1-2H3,(H,17,23)/t12-/m0/s1. The van der Waals surface area contributed by atoms with E-state index in [4.69, 9.17) is 4.52 Å². The summed E-state index contributed by atoms with van der Waals surface area (Å²) in [5, 5.41) is 11.3. The van der Waals surface area contributed by atoms with E-state index in [9.17, 15) is 4.79 Å². The Bertz CT molecular complexity index is 748. The topological polar surface area (TPSA) is 89.1 Å². The van der Waals surface area contributed by atoms with E-state index in [2.05, 4.69) is 25.5 Å². The Morgan fingerprint density at radius 3 is 2.96 bits per heavy atom. The third-order valence-electron chi connectivity index (χ3n) is 4.66. The molecule has 2 aliphatic rings. The number of nitrogens with zero attached hydrogens (tertiary/aromatic N) is 5. The maximum absolute atomic E-state index is 12.4. The van der Waals surface area contributed by atoms with Gasteiger partial charge in [-0.1, -0.05) is 5.16 Å². The Morgan fingerprint density at radius 2 is 2.25 bits per heavy atom. The molecule has 128 valence electrons. The molecule has 0 unspecified atom stereocenters. The van der Waals surface area contributed by atoms with Gasteiger partial charge in [0.15, 0.2) is 5.82 Å². The average molecular weight is 330 g/mol. The average Bonchev–Trinajstić information content (AvgIpc) is 2.95. The van der Waals surface area contributed by atoms with Gasteiger partial charge in [-0.3, -0.25) is 14.4 Å². The third kappa shape index (κ3) is 3.06. The highest BCUT2D eigenvalue weighted by Crippen LogP contribution is 2.40. The third-order valence-corrected chi connectivity index (χ3v) is 4.66. The van der Waals surface area contributed by atoms with Gasteiger partial charge in [-0.05, 0) is 39.2 Å². The quantitative estimate of drug-likeness (QED) is 0.898. The lowest BCUT2D eigenvalue weighted by atomic mass is 10.2. The van der Waals surface area contributed by atoms with Crippen molar-refractivity contribution < 1.29 is 9.32 Å². The normalized spacial score (nSPS) is 21.3. The molecule has 4 rings (SSSR count). The van der Waals surface area contributed by atoms with E-state index in [1.54, 1.807) is 4.68 Å². The molecule has 1 saturated carbocycles. The van der Waals surface area contributed by atoms with E-state index in [1.165, 1.54) is 0 Å². The van der Waals surface area contributed by atoms with Crippen molar-refractivity contribution >= 4 is 11.7 Å². The van der Waals surface area contributed by atoms with Gasteiger partial charge in [-0.15, -0.1) is 0 Å². The molecule has 8 heteroatoms. The number of anilines is 1. The van der Waals surface area contributed by atoms with Gasteiger partial charge < -0.3 is 9.84 Å². The van der Waals surface area contributed by atoms with Crippen LogP contribution in [0.1, 0.15) is 55.1 Å². The molecule has 1 atom stereocenters. The van der Waals surface area contributed by atoms with Crippen LogP contribution >= 0.6 is 0 Å². The number of hydrogen-bond donors (Lipinski definition) is 1. The Kier molecular flexibility index (Phi) is 3.84. The molecule has 1 amide bonds. The predicted octanol–water partition coefficient (Wildman–Crippen LogP) is 1.76. The van der Waals surface area contributed by atoms with Crippen LogP contribution in [0.5, 0.6) is 0 Å². The number of amides is 1. The zero-order chi connectivity index (χ0) is 16.7. The Morgan fingerprint density at radius 1 is 1.42 bits per heavy atom. The molecule has 1 aliphatic heterocycles. The molecule has 2 fully saturated rings. The predicted molar refractivity (Wildman–Crippen MR) is 86.4 cm³/mol. The van der Waals surface area contributed by atoms with Crippen molar-refractivity contribution in [2.24, 2.45) is 7.05 Å². The zero-order valence-corrected chi connectivity index (χ0v) is 14.0. The first kappa shape index (κ1) is 15.3. The summed E-state index contributed by atoms with van der Waals surface area (Å²) in [4.78, 5) is 19.0. The number of nitrogens with one attached hydrogen (secondary N) is 1. The van der Waals surface area contributed by atoms with Crippen molar-refractivity contribution in [3.8, 4) is 0 Å². The highest BCUT2D eigenvalue weighted by molar-refractivity contribution is 5.91. The lowest BCUT2D eigenvalue weighted by Gasteiger charge is -2.21. The van der Waals surface area contributed by atoms with Crippen molar-refractivity contribution in [3.63, 3.8) is 0 Å². The fourth-order valence-corrected chi connectivity index (χ4v) is 3.28. The second-order valence-electron chi connectivity index (χ2n) is 6.74. The SMILES string of the molecule is Cc1cc(NC(=O)CN2CCC[C@H]2c2noc(C3CC3)n2)n(C)n1. The Hall–Kier alpha value is -2.22. The molecular formula is C16H22N6O2. The monoisotopic (exact) mass is 330 g/mol. The van der Waals surface area contributed by atoms with Gasteiger partial charge in [0, 0.05) is 19.0 Å². The van der Waals surface area contributed by atoms with Crippen molar-refractivity contribution in [3.05, 3.63) is 23.5 Å². The number of carbonyl (C=O) groups is 1. The largest absolute Gasteiger partial charge is 0.339 e. The molecule has 8 nitrogen and oxygen atoms in total. The molecule has 1 N–H and O–H groups in total. The smallest absolute Gasteiger partial charge is 0.239 e. The molecule has 0 aromatic carbocycles. The van der Waals surface area contributed by atoms with Gasteiger partial charge >= 0.3 is 0 Å². The summed E-state index contributed by atoms with van der Waals surface area (Å²) in [7, 11) is 1.82. The van der Waals surface area contributed by atoms with Crippen LogP contribution in [-0.2, 0) is 11.8 Å². The number of carbonyl (C=O) groups excluding carboxylic acids is 1. The summed E-state index contributed by atoms with van der Waals surface area (Å²) in [5.41, 5.74) is 0.881. The van der Waals surface area contributed by atoms with Crippen LogP contribution in [0.3, 0.4) is 0 Å². The molecule has 0 spiro atoms. The lowest BCUT2D eigenvalue weighted by molar-refractivity contribution is -0.117. The van der Waals surface area contributed by atoms with Crippen molar-refractivity contribution in [2.75, 3.05) is 18.4 Å². The van der Waals surface area contributed by atoms with Crippen LogP contribution in [0.4, 0.5) is 5.82 Å². The summed E-state index contributed by atoms with van der Waals surface area (Å²) in [6, 6.07) is 1.93. The number of aryl methyl sites for hydroxylation is 2. The van der Waals surface area contributed by atoms with Crippen LogP contribution in [0.25, 0.3) is 0 Å². The molecule has 0 bridgehead atoms. The number of aromatic nitrogens is 4. The van der Waals surface area contributed by atoms with Crippen molar-refractivity contribution in [1.29, 1.82) is 0 Å². The van der Waals surface area contributed by atoms with Gasteiger partial charge in [0.1, 0.15) is 5.82 Å². The lowest BCUT2D eigenvalue weighted by Crippen LogP contribution is -2.33. The fourth-order valence-electron chi connectivity index (χ4n) is 3.28. The molecular weight excluding hydrogens is 308 g/mol. The van der Waals surface area contributed by atoms with Crippen LogP contribution < -0.4 is 5.32 Å². The van der Waals surface area contributed by atoms with Crippen molar-refractivity contribution in [2.45, 2.75) is 44.6 Å². The van der Waals surface area contributed by atoms with E-state index in [-0.39, 0.29) is 11.9 Å². The van der Waals surface area contributed by atoms with Crippen LogP contribution in [0.15, 0.2) is 10.6 Å². The highest BCUT2D eigenvalue weighted by atomic mass is 16.5. The first-order valence-corrected chi connectivity index (χ1v) is 8.48. The zero-order valence-electron chi connectivity index (χ0n) is 14.0. The van der Waals surface area contributed by atoms with Gasteiger partial charge in [0.05, 0.1) is 18.3 Å². The summed E-state index contributed by atoms with van der Waals surface area (Å²) in [6.45, 7) is 3.10. The van der Waals surface area contributed by atoms with Crippen LogP contribution in [0.2, 0.25) is 0 Å². The van der Waals surface area contributed by atoms with E-state index < -0.39 is 0 Å². The summed E-state index contributed by atoms with van der Waals surface area (Å²) >= 11 is 0. The highest BCUT2D eigenvalue weighted by Gasteiger charge is 2.34. The maximum atomic E-state index is 12.4. The molecule has 1 saturated heterocycles. The van der Waals surface area contributed by atoms with Crippen LogP contribution in [0, 0.1) is 6.92 Å². The Labute approximate surface area is 140 Å². The fraction of sp³-hybridized carbons (Fsp3) is 0.625. The minimum absolute atomic E-state index is 0.0455. The summed E-state index contributed by atoms with van der Waals surface area (Å²) in [6.07, 6.45) is 4.28. The molecule has 3 heterocycles. The van der Waals surface area contributed by atoms with Gasteiger partial charge in [-0.25, -0.2) is 0 Å². The first-order chi connectivity index (χ1) is 11.6. The molecule has 1 aliphatic carbocycles. The van der Waals surface area contributed by atoms with Gasteiger partial charge in [-0.2, -0.15) is 10.1 Å². The van der Waals surface area contributed by atoms with E-state index in [0.29, 0.717) is 18.3 Å². The van der Waals surface area contributed by atoms with Crippen molar-refractivity contribution in [1.82, 2.24) is 24.8 Å². The van der Waals surface area contributed by atoms with Gasteiger partial charge in [0.25, 0.3) is 0 Å². The minimum Gasteiger partial charge on any atom is -0.339 e. The van der Waals surface area contributed by atoms with E-state index >= 15 is 0 Å². The summed E-state index contributed by atoms with van der Waals surface area (Å²) < 4.78 is 7.04. The van der Waals surface area contributed by atoms with E-state index in [0.717, 1.165) is 49.6 Å². The molecule has 2 aromatic heterocycles.